The Kier molecular flexibility index (Phi) is 2.24. The van der Waals surface area contributed by atoms with Crippen molar-refractivity contribution in [2.24, 2.45) is 11.6 Å². The molecule has 0 heterocycles. The molecule has 0 saturated carbocycles. The number of allylic oxidation sites excluding steroid dienone is 1. The molecule has 0 aromatic heterocycles. The summed E-state index contributed by atoms with van der Waals surface area (Å²) in [5.74, 6) is 5.33. The van der Waals surface area contributed by atoms with Crippen LogP contribution in [0.15, 0.2) is 11.9 Å². The number of nitrogens with two attached hydrogens (primary N) is 2. The zero-order valence-corrected chi connectivity index (χ0v) is 3.73. The molecule has 0 unspecified atom stereocenters. The van der Waals surface area contributed by atoms with Gasteiger partial charge in [0.05, 0.1) is 0 Å². The first-order chi connectivity index (χ1) is 2.81. The summed E-state index contributed by atoms with van der Waals surface area (Å²) in [6, 6.07) is 0. The lowest BCUT2D eigenvalue weighted by Gasteiger charge is -1.92. The summed E-state index contributed by atoms with van der Waals surface area (Å²) >= 11 is 0. The smallest absolute Gasteiger partial charge is 0.106 e. The zero-order chi connectivity index (χ0) is 4.99. The first-order valence-electron chi connectivity index (χ1n) is 1.69. The normalized spacial score (nSPS) is 11.3. The number of hydrazine groups is 1. The molecule has 0 fully saturated rings. The first-order valence-corrected chi connectivity index (χ1v) is 1.69. The van der Waals surface area contributed by atoms with E-state index >= 15 is 0 Å². The minimum atomic E-state index is 0.495. The highest BCUT2D eigenvalue weighted by Crippen LogP contribution is 1.65. The van der Waals surface area contributed by atoms with Gasteiger partial charge in [-0.15, -0.1) is 0 Å². The Morgan fingerprint density at radius 2 is 2.33 bits per heavy atom. The molecule has 6 heavy (non-hydrogen) atoms. The summed E-state index contributed by atoms with van der Waals surface area (Å²) in [6.07, 6.45) is 1.68. The molecule has 0 aromatic rings. The summed E-state index contributed by atoms with van der Waals surface area (Å²) in [7, 11) is 0. The van der Waals surface area contributed by atoms with Crippen molar-refractivity contribution in [1.82, 2.24) is 5.43 Å². The first kappa shape index (κ1) is 5.30. The van der Waals surface area contributed by atoms with Crippen LogP contribution in [0, 0.1) is 0 Å². The van der Waals surface area contributed by atoms with Gasteiger partial charge in [-0.05, 0) is 13.0 Å². The minimum absolute atomic E-state index is 0.495. The third-order valence-electron chi connectivity index (χ3n) is 0.478. The van der Waals surface area contributed by atoms with Gasteiger partial charge in [0.15, 0.2) is 0 Å². The molecule has 0 aliphatic rings. The summed E-state index contributed by atoms with van der Waals surface area (Å²) in [5, 5.41) is 0. The van der Waals surface area contributed by atoms with Crippen LogP contribution in [0.4, 0.5) is 0 Å². The van der Waals surface area contributed by atoms with Crippen LogP contribution in [-0.2, 0) is 0 Å². The van der Waals surface area contributed by atoms with Crippen molar-refractivity contribution >= 4 is 0 Å². The van der Waals surface area contributed by atoms with Gasteiger partial charge in [0, 0.05) is 0 Å². The summed E-state index contributed by atoms with van der Waals surface area (Å²) in [6.45, 7) is 1.80. The molecule has 36 valence electrons. The molecule has 0 amide bonds. The molecule has 0 radical (unpaired) electrons. The zero-order valence-electron chi connectivity index (χ0n) is 3.73. The lowest BCUT2D eigenvalue weighted by molar-refractivity contribution is 0.865. The number of hydrogen-bond donors (Lipinski definition) is 3. The molecule has 3 nitrogen and oxygen atoms in total. The molecule has 0 atom stereocenters. The predicted octanol–water partition coefficient (Wildman–Crippen LogP) is -0.730. The highest BCUT2D eigenvalue weighted by molar-refractivity contribution is 4.87. The Morgan fingerprint density at radius 1 is 1.83 bits per heavy atom. The van der Waals surface area contributed by atoms with Crippen LogP contribution in [0.25, 0.3) is 0 Å². The van der Waals surface area contributed by atoms with Gasteiger partial charge in [-0.3, -0.25) is 0 Å². The lowest BCUT2D eigenvalue weighted by Crippen LogP contribution is -2.26. The van der Waals surface area contributed by atoms with E-state index in [0.717, 1.165) is 0 Å². The minimum Gasteiger partial charge on any atom is -0.385 e. The highest BCUT2D eigenvalue weighted by Gasteiger charge is 1.69. The second-order valence-electron chi connectivity index (χ2n) is 0.888. The summed E-state index contributed by atoms with van der Waals surface area (Å²) in [4.78, 5) is 0. The molecule has 0 rings (SSSR count). The van der Waals surface area contributed by atoms with E-state index < -0.39 is 0 Å². The Balaban J connectivity index is 3.22. The number of hydrogen-bond acceptors (Lipinski definition) is 3. The quantitative estimate of drug-likeness (QED) is 0.292. The molecule has 5 N–H and O–H groups in total. The van der Waals surface area contributed by atoms with E-state index in [1.54, 1.807) is 13.0 Å². The van der Waals surface area contributed by atoms with Crippen molar-refractivity contribution in [2.45, 2.75) is 6.92 Å². The standard InChI is InChI=1S/C3H9N3/c1-2-3(4)6-5/h2,6H,4-5H2,1H3. The maximum Gasteiger partial charge on any atom is 0.106 e. The fourth-order valence-electron chi connectivity index (χ4n) is 0.0833. The SMILES string of the molecule is CC=C(N)NN. The molecule has 3 heteroatoms. The Hall–Kier alpha value is -0.700. The molecular weight excluding hydrogens is 78.1 g/mol. The van der Waals surface area contributed by atoms with E-state index in [4.69, 9.17) is 11.6 Å². The summed E-state index contributed by atoms with van der Waals surface area (Å²) in [5.41, 5.74) is 7.35. The second kappa shape index (κ2) is 2.53. The van der Waals surface area contributed by atoms with Crippen LogP contribution in [0.5, 0.6) is 0 Å². The Bertz CT molecular complexity index is 57.1. The maximum atomic E-state index is 5.10. The van der Waals surface area contributed by atoms with Gasteiger partial charge in [0.1, 0.15) is 5.82 Å². The van der Waals surface area contributed by atoms with Gasteiger partial charge >= 0.3 is 0 Å². The fraction of sp³-hybridized carbons (Fsp3) is 0.333. The van der Waals surface area contributed by atoms with Crippen LogP contribution in [0.3, 0.4) is 0 Å². The third kappa shape index (κ3) is 1.60. The van der Waals surface area contributed by atoms with Gasteiger partial charge in [-0.25, -0.2) is 5.84 Å². The average molecular weight is 87.1 g/mol. The molecule has 0 saturated heterocycles. The van der Waals surface area contributed by atoms with E-state index in [1.807, 2.05) is 0 Å². The summed E-state index contributed by atoms with van der Waals surface area (Å²) < 4.78 is 0. The van der Waals surface area contributed by atoms with E-state index in [2.05, 4.69) is 5.43 Å². The molecular formula is C3H9N3. The van der Waals surface area contributed by atoms with Gasteiger partial charge in [0.25, 0.3) is 0 Å². The lowest BCUT2D eigenvalue weighted by atomic mass is 10.6. The maximum absolute atomic E-state index is 5.10. The highest BCUT2D eigenvalue weighted by atomic mass is 15.3. The van der Waals surface area contributed by atoms with Crippen molar-refractivity contribution in [3.8, 4) is 0 Å². The van der Waals surface area contributed by atoms with E-state index in [1.165, 1.54) is 0 Å². The predicted molar refractivity (Wildman–Crippen MR) is 25.3 cm³/mol. The Morgan fingerprint density at radius 3 is 2.33 bits per heavy atom. The van der Waals surface area contributed by atoms with Gasteiger partial charge in [-0.1, -0.05) is 0 Å². The van der Waals surface area contributed by atoms with Crippen molar-refractivity contribution in [2.75, 3.05) is 0 Å². The van der Waals surface area contributed by atoms with Crippen LogP contribution in [0.1, 0.15) is 6.92 Å². The topological polar surface area (TPSA) is 64.1 Å². The van der Waals surface area contributed by atoms with Crippen LogP contribution in [-0.4, -0.2) is 0 Å². The van der Waals surface area contributed by atoms with Gasteiger partial charge < -0.3 is 11.2 Å². The van der Waals surface area contributed by atoms with Crippen molar-refractivity contribution in [3.63, 3.8) is 0 Å². The molecule has 0 aliphatic carbocycles. The van der Waals surface area contributed by atoms with Crippen LogP contribution < -0.4 is 17.0 Å². The van der Waals surface area contributed by atoms with Crippen molar-refractivity contribution in [3.05, 3.63) is 11.9 Å². The van der Waals surface area contributed by atoms with E-state index in [9.17, 15) is 0 Å². The van der Waals surface area contributed by atoms with Crippen LogP contribution >= 0.6 is 0 Å². The molecule has 0 aromatic carbocycles. The van der Waals surface area contributed by atoms with Gasteiger partial charge in [0.2, 0.25) is 0 Å². The second-order valence-corrected chi connectivity index (χ2v) is 0.888. The fourth-order valence-corrected chi connectivity index (χ4v) is 0.0833. The largest absolute Gasteiger partial charge is 0.385 e. The third-order valence-corrected chi connectivity index (χ3v) is 0.478. The van der Waals surface area contributed by atoms with E-state index in [0.29, 0.717) is 5.82 Å². The molecule has 0 spiro atoms. The monoisotopic (exact) mass is 87.1 g/mol. The van der Waals surface area contributed by atoms with E-state index in [-0.39, 0.29) is 0 Å². The molecule has 0 bridgehead atoms. The van der Waals surface area contributed by atoms with Crippen molar-refractivity contribution < 1.29 is 0 Å². The van der Waals surface area contributed by atoms with Crippen LogP contribution in [0.2, 0.25) is 0 Å². The van der Waals surface area contributed by atoms with Crippen molar-refractivity contribution in [1.29, 1.82) is 0 Å². The van der Waals surface area contributed by atoms with Gasteiger partial charge in [-0.2, -0.15) is 0 Å². The molecule has 0 aliphatic heterocycles. The number of rotatable bonds is 1. The number of nitrogens with one attached hydrogen (secondary N) is 1. The Labute approximate surface area is 37.0 Å². The average Bonchev–Trinajstić information content (AvgIpc) is 1.65.